The standard InChI is InChI=1S/C11H13FN2O2/c12-9-5-7(15)1-2-8(9)10(16)14-11(6-13)3-4-11/h1-2,5,15H,3-4,6,13H2,(H,14,16). The van der Waals surface area contributed by atoms with E-state index in [9.17, 15) is 9.18 Å². The van der Waals surface area contributed by atoms with Crippen molar-refractivity contribution in [3.63, 3.8) is 0 Å². The molecule has 0 saturated heterocycles. The molecule has 2 rings (SSSR count). The summed E-state index contributed by atoms with van der Waals surface area (Å²) in [6.07, 6.45) is 1.66. The first kappa shape index (κ1) is 10.9. The summed E-state index contributed by atoms with van der Waals surface area (Å²) < 4.78 is 13.3. The highest BCUT2D eigenvalue weighted by Gasteiger charge is 2.42. The van der Waals surface area contributed by atoms with Crippen LogP contribution in [0.2, 0.25) is 0 Å². The van der Waals surface area contributed by atoms with Crippen molar-refractivity contribution < 1.29 is 14.3 Å². The molecule has 0 radical (unpaired) electrons. The van der Waals surface area contributed by atoms with Crippen LogP contribution >= 0.6 is 0 Å². The van der Waals surface area contributed by atoms with Crippen LogP contribution in [0.4, 0.5) is 4.39 Å². The van der Waals surface area contributed by atoms with Crippen LogP contribution in [-0.4, -0.2) is 23.1 Å². The lowest BCUT2D eigenvalue weighted by Crippen LogP contribution is -2.42. The van der Waals surface area contributed by atoms with Gasteiger partial charge in [-0.1, -0.05) is 0 Å². The minimum Gasteiger partial charge on any atom is -0.508 e. The normalized spacial score (nSPS) is 16.9. The third-order valence-corrected chi connectivity index (χ3v) is 2.82. The van der Waals surface area contributed by atoms with Crippen LogP contribution in [0.1, 0.15) is 23.2 Å². The number of hydrogen-bond acceptors (Lipinski definition) is 3. The molecule has 1 fully saturated rings. The number of amides is 1. The molecule has 0 aliphatic heterocycles. The first-order valence-corrected chi connectivity index (χ1v) is 5.07. The van der Waals surface area contributed by atoms with Crippen molar-refractivity contribution >= 4 is 5.91 Å². The van der Waals surface area contributed by atoms with E-state index in [1.807, 2.05) is 0 Å². The third kappa shape index (κ3) is 1.99. The summed E-state index contributed by atoms with van der Waals surface area (Å²) in [5, 5.41) is 11.7. The van der Waals surface area contributed by atoms with Gasteiger partial charge in [-0.25, -0.2) is 4.39 Å². The molecule has 16 heavy (non-hydrogen) atoms. The van der Waals surface area contributed by atoms with Crippen molar-refractivity contribution in [1.29, 1.82) is 0 Å². The lowest BCUT2D eigenvalue weighted by molar-refractivity contribution is 0.0929. The average Bonchev–Trinajstić information content (AvgIpc) is 2.98. The number of nitrogens with one attached hydrogen (secondary N) is 1. The minimum atomic E-state index is -0.731. The number of rotatable bonds is 3. The first-order valence-electron chi connectivity index (χ1n) is 5.07. The van der Waals surface area contributed by atoms with E-state index >= 15 is 0 Å². The monoisotopic (exact) mass is 224 g/mol. The number of benzene rings is 1. The molecule has 0 atom stereocenters. The summed E-state index contributed by atoms with van der Waals surface area (Å²) in [6.45, 7) is 0.360. The Balaban J connectivity index is 2.15. The van der Waals surface area contributed by atoms with Gasteiger partial charge in [-0.05, 0) is 25.0 Å². The number of phenols is 1. The zero-order valence-electron chi connectivity index (χ0n) is 8.66. The van der Waals surface area contributed by atoms with Crippen LogP contribution < -0.4 is 11.1 Å². The lowest BCUT2D eigenvalue weighted by Gasteiger charge is -2.15. The zero-order valence-corrected chi connectivity index (χ0v) is 8.66. The quantitative estimate of drug-likeness (QED) is 0.709. The van der Waals surface area contributed by atoms with E-state index in [1.165, 1.54) is 12.1 Å². The number of phenolic OH excluding ortho intramolecular Hbond substituents is 1. The molecular weight excluding hydrogens is 211 g/mol. The van der Waals surface area contributed by atoms with E-state index < -0.39 is 11.7 Å². The Morgan fingerprint density at radius 2 is 2.25 bits per heavy atom. The van der Waals surface area contributed by atoms with Crippen LogP contribution in [0.5, 0.6) is 5.75 Å². The number of carbonyl (C=O) groups is 1. The fraction of sp³-hybridized carbons (Fsp3) is 0.364. The van der Waals surface area contributed by atoms with Crippen molar-refractivity contribution in [2.45, 2.75) is 18.4 Å². The number of carbonyl (C=O) groups excluding carboxylic acids is 1. The van der Waals surface area contributed by atoms with Crippen LogP contribution in [0.3, 0.4) is 0 Å². The summed E-state index contributed by atoms with van der Waals surface area (Å²) in [5.41, 5.74) is 5.09. The number of aromatic hydroxyl groups is 1. The molecule has 86 valence electrons. The Labute approximate surface area is 92.3 Å². The Hall–Kier alpha value is -1.62. The summed E-state index contributed by atoms with van der Waals surface area (Å²) in [7, 11) is 0. The second kappa shape index (κ2) is 3.75. The van der Waals surface area contributed by atoms with Crippen molar-refractivity contribution in [2.24, 2.45) is 5.73 Å². The maximum absolute atomic E-state index is 13.3. The van der Waals surface area contributed by atoms with Gasteiger partial charge in [-0.2, -0.15) is 0 Å². The van der Waals surface area contributed by atoms with Gasteiger partial charge in [-0.3, -0.25) is 4.79 Å². The van der Waals surface area contributed by atoms with Gasteiger partial charge in [0.2, 0.25) is 0 Å². The zero-order chi connectivity index (χ0) is 11.8. The van der Waals surface area contributed by atoms with Crippen molar-refractivity contribution in [2.75, 3.05) is 6.54 Å². The van der Waals surface area contributed by atoms with Gasteiger partial charge in [0.15, 0.2) is 0 Å². The van der Waals surface area contributed by atoms with E-state index in [0.29, 0.717) is 6.54 Å². The van der Waals surface area contributed by atoms with Gasteiger partial charge in [-0.15, -0.1) is 0 Å². The van der Waals surface area contributed by atoms with Gasteiger partial charge in [0.25, 0.3) is 5.91 Å². The maximum Gasteiger partial charge on any atom is 0.254 e. The Morgan fingerprint density at radius 3 is 2.75 bits per heavy atom. The Bertz CT molecular complexity index is 430. The van der Waals surface area contributed by atoms with Crippen molar-refractivity contribution in [3.05, 3.63) is 29.6 Å². The first-order chi connectivity index (χ1) is 7.56. The Morgan fingerprint density at radius 1 is 1.56 bits per heavy atom. The smallest absolute Gasteiger partial charge is 0.254 e. The summed E-state index contributed by atoms with van der Waals surface area (Å²) in [4.78, 5) is 11.7. The summed E-state index contributed by atoms with van der Waals surface area (Å²) >= 11 is 0. The van der Waals surface area contributed by atoms with Crippen LogP contribution in [0, 0.1) is 5.82 Å². The molecule has 1 aliphatic rings. The third-order valence-electron chi connectivity index (χ3n) is 2.82. The topological polar surface area (TPSA) is 75.3 Å². The molecule has 1 aliphatic carbocycles. The van der Waals surface area contributed by atoms with Gasteiger partial charge < -0.3 is 16.2 Å². The maximum atomic E-state index is 13.3. The van der Waals surface area contributed by atoms with E-state index in [0.717, 1.165) is 18.9 Å². The average molecular weight is 224 g/mol. The molecule has 0 heterocycles. The minimum absolute atomic E-state index is 0.0717. The summed E-state index contributed by atoms with van der Waals surface area (Å²) in [5.74, 6) is -1.42. The highest BCUT2D eigenvalue weighted by atomic mass is 19.1. The Kier molecular flexibility index (Phi) is 2.55. The van der Waals surface area contributed by atoms with Gasteiger partial charge >= 0.3 is 0 Å². The largest absolute Gasteiger partial charge is 0.508 e. The van der Waals surface area contributed by atoms with Crippen LogP contribution in [-0.2, 0) is 0 Å². The predicted molar refractivity (Wildman–Crippen MR) is 56.6 cm³/mol. The second-order valence-corrected chi connectivity index (χ2v) is 4.10. The predicted octanol–water partition coefficient (Wildman–Crippen LogP) is 0.752. The molecule has 4 nitrogen and oxygen atoms in total. The fourth-order valence-electron chi connectivity index (χ4n) is 1.53. The molecule has 0 spiro atoms. The van der Waals surface area contributed by atoms with Crippen LogP contribution in [0.25, 0.3) is 0 Å². The van der Waals surface area contributed by atoms with Gasteiger partial charge in [0, 0.05) is 12.6 Å². The molecule has 0 aromatic heterocycles. The molecule has 0 unspecified atom stereocenters. The van der Waals surface area contributed by atoms with Crippen molar-refractivity contribution in [1.82, 2.24) is 5.32 Å². The van der Waals surface area contributed by atoms with E-state index in [1.54, 1.807) is 0 Å². The number of halogens is 1. The molecule has 0 bridgehead atoms. The highest BCUT2D eigenvalue weighted by Crippen LogP contribution is 2.34. The molecule has 1 aromatic carbocycles. The molecule has 4 N–H and O–H groups in total. The van der Waals surface area contributed by atoms with E-state index in [-0.39, 0.29) is 16.9 Å². The van der Waals surface area contributed by atoms with E-state index in [2.05, 4.69) is 5.32 Å². The summed E-state index contributed by atoms with van der Waals surface area (Å²) in [6, 6.07) is 3.45. The molecular formula is C11H13FN2O2. The van der Waals surface area contributed by atoms with Gasteiger partial charge in [0.05, 0.1) is 11.1 Å². The lowest BCUT2D eigenvalue weighted by atomic mass is 10.1. The van der Waals surface area contributed by atoms with Crippen LogP contribution in [0.15, 0.2) is 18.2 Å². The molecule has 1 aromatic rings. The number of nitrogens with two attached hydrogens (primary N) is 1. The van der Waals surface area contributed by atoms with Gasteiger partial charge in [0.1, 0.15) is 11.6 Å². The molecule has 1 amide bonds. The second-order valence-electron chi connectivity index (χ2n) is 4.10. The number of hydrogen-bond donors (Lipinski definition) is 3. The molecule has 5 heteroatoms. The molecule has 1 saturated carbocycles. The fourth-order valence-corrected chi connectivity index (χ4v) is 1.53. The SMILES string of the molecule is NCC1(NC(=O)c2ccc(O)cc2F)CC1. The van der Waals surface area contributed by atoms with E-state index in [4.69, 9.17) is 10.8 Å². The highest BCUT2D eigenvalue weighted by molar-refractivity contribution is 5.95. The van der Waals surface area contributed by atoms with Crippen molar-refractivity contribution in [3.8, 4) is 5.75 Å².